The second kappa shape index (κ2) is 5.50. The lowest BCUT2D eigenvalue weighted by atomic mass is 9.94. The zero-order valence-electron chi connectivity index (χ0n) is 12.8. The number of nitrogens with zero attached hydrogens (tertiary/aromatic N) is 1. The number of rotatable bonds is 1. The monoisotopic (exact) mass is 311 g/mol. The summed E-state index contributed by atoms with van der Waals surface area (Å²) in [5, 5.41) is 0. The lowest BCUT2D eigenvalue weighted by Gasteiger charge is -2.34. The number of hydrogen-bond acceptors (Lipinski definition) is 4. The Bertz CT molecular complexity index is 744. The minimum atomic E-state index is -0.327. The average molecular weight is 311 g/mol. The van der Waals surface area contributed by atoms with E-state index >= 15 is 0 Å². The van der Waals surface area contributed by atoms with Gasteiger partial charge >= 0.3 is 6.09 Å². The van der Waals surface area contributed by atoms with Gasteiger partial charge in [0.25, 0.3) is 0 Å². The molecule has 1 amide bonds. The highest BCUT2D eigenvalue weighted by Crippen LogP contribution is 2.37. The Morgan fingerprint density at radius 3 is 2.57 bits per heavy atom. The number of carbonyl (C=O) groups is 1. The molecule has 1 unspecified atom stereocenters. The maximum atomic E-state index is 12.5. The molecule has 1 atom stereocenters. The quantitative estimate of drug-likeness (QED) is 0.810. The van der Waals surface area contributed by atoms with Crippen LogP contribution in [0.4, 0.5) is 4.79 Å². The second-order valence-corrected chi connectivity index (χ2v) is 5.84. The first-order valence-corrected chi connectivity index (χ1v) is 7.65. The lowest BCUT2D eigenvalue weighted by molar-refractivity contribution is 0.126. The number of amides is 1. The normalized spacial score (nSPS) is 18.5. The molecule has 0 bridgehead atoms. The van der Waals surface area contributed by atoms with Crippen LogP contribution >= 0.6 is 0 Å². The number of hydrogen-bond donors (Lipinski definition) is 0. The number of benzene rings is 2. The van der Waals surface area contributed by atoms with E-state index in [0.29, 0.717) is 12.3 Å². The fraction of sp³-hybridized carbons (Fsp3) is 0.278. The highest BCUT2D eigenvalue weighted by Gasteiger charge is 2.30. The Balaban J connectivity index is 1.56. The molecule has 4 rings (SSSR count). The molecule has 0 fully saturated rings. The maximum Gasteiger partial charge on any atom is 0.415 e. The Morgan fingerprint density at radius 2 is 1.83 bits per heavy atom. The average Bonchev–Trinajstić information content (AvgIpc) is 3.00. The Hall–Kier alpha value is -2.69. The van der Waals surface area contributed by atoms with E-state index in [2.05, 4.69) is 0 Å². The van der Waals surface area contributed by atoms with Gasteiger partial charge in [0, 0.05) is 12.6 Å². The molecule has 0 aromatic heterocycles. The van der Waals surface area contributed by atoms with Crippen LogP contribution in [-0.2, 0) is 13.0 Å². The van der Waals surface area contributed by atoms with E-state index in [-0.39, 0.29) is 18.9 Å². The second-order valence-electron chi connectivity index (χ2n) is 5.84. The van der Waals surface area contributed by atoms with Crippen molar-refractivity contribution >= 4 is 6.09 Å². The van der Waals surface area contributed by atoms with Gasteiger partial charge in [0.2, 0.25) is 6.79 Å². The molecular weight excluding hydrogens is 294 g/mol. The summed E-state index contributed by atoms with van der Waals surface area (Å²) in [5.74, 6) is 2.09. The molecule has 0 saturated heterocycles. The number of para-hydroxylation sites is 1. The van der Waals surface area contributed by atoms with Crippen molar-refractivity contribution in [2.45, 2.75) is 25.9 Å². The fourth-order valence-electron chi connectivity index (χ4n) is 3.02. The van der Waals surface area contributed by atoms with Gasteiger partial charge in [-0.1, -0.05) is 18.2 Å². The molecule has 118 valence electrons. The Morgan fingerprint density at radius 1 is 1.13 bits per heavy atom. The van der Waals surface area contributed by atoms with Crippen molar-refractivity contribution in [3.63, 3.8) is 0 Å². The van der Waals surface area contributed by atoms with Crippen LogP contribution in [0.2, 0.25) is 0 Å². The zero-order chi connectivity index (χ0) is 15.8. The van der Waals surface area contributed by atoms with Gasteiger partial charge in [-0.15, -0.1) is 0 Å². The zero-order valence-corrected chi connectivity index (χ0v) is 12.8. The summed E-state index contributed by atoms with van der Waals surface area (Å²) < 4.78 is 16.3. The van der Waals surface area contributed by atoms with Gasteiger partial charge in [-0.25, -0.2) is 4.79 Å². The van der Waals surface area contributed by atoms with Crippen molar-refractivity contribution in [3.05, 3.63) is 53.6 Å². The third-order valence-corrected chi connectivity index (χ3v) is 4.27. The fourth-order valence-corrected chi connectivity index (χ4v) is 3.02. The van der Waals surface area contributed by atoms with Gasteiger partial charge in [0.1, 0.15) is 5.75 Å². The molecular formula is C18H17NO4. The standard InChI is InChI=1S/C18H17NO4/c1-12-7-13-8-16-17(22-11-21-16)9-14(13)10-19(12)18(20)23-15-5-3-2-4-6-15/h2-6,8-9,12H,7,10-11H2,1H3. The highest BCUT2D eigenvalue weighted by atomic mass is 16.7. The molecule has 0 N–H and O–H groups in total. The Labute approximate surface area is 134 Å². The molecule has 2 heterocycles. The van der Waals surface area contributed by atoms with E-state index in [1.54, 1.807) is 17.0 Å². The molecule has 23 heavy (non-hydrogen) atoms. The third-order valence-electron chi connectivity index (χ3n) is 4.27. The van der Waals surface area contributed by atoms with Crippen LogP contribution in [0, 0.1) is 0 Å². The minimum Gasteiger partial charge on any atom is -0.454 e. The molecule has 2 aromatic carbocycles. The van der Waals surface area contributed by atoms with Crippen molar-refractivity contribution in [3.8, 4) is 17.2 Å². The van der Waals surface area contributed by atoms with Gasteiger partial charge in [0.05, 0.1) is 0 Å². The Kier molecular flexibility index (Phi) is 3.33. The molecule has 5 heteroatoms. The van der Waals surface area contributed by atoms with Crippen molar-refractivity contribution < 1.29 is 19.0 Å². The van der Waals surface area contributed by atoms with Gasteiger partial charge in [-0.2, -0.15) is 0 Å². The van der Waals surface area contributed by atoms with E-state index in [0.717, 1.165) is 23.5 Å². The molecule has 0 saturated carbocycles. The van der Waals surface area contributed by atoms with Crippen molar-refractivity contribution in [2.75, 3.05) is 6.79 Å². The summed E-state index contributed by atoms with van der Waals surface area (Å²) >= 11 is 0. The highest BCUT2D eigenvalue weighted by molar-refractivity contribution is 5.71. The molecule has 2 aliphatic rings. The number of carbonyl (C=O) groups excluding carboxylic acids is 1. The molecule has 0 aliphatic carbocycles. The van der Waals surface area contributed by atoms with Crippen LogP contribution in [-0.4, -0.2) is 23.8 Å². The van der Waals surface area contributed by atoms with Crippen LogP contribution in [0.3, 0.4) is 0 Å². The first-order chi connectivity index (χ1) is 11.2. The summed E-state index contributed by atoms with van der Waals surface area (Å²) in [4.78, 5) is 14.2. The van der Waals surface area contributed by atoms with E-state index in [1.165, 1.54) is 5.56 Å². The summed E-state index contributed by atoms with van der Waals surface area (Å²) in [6.45, 7) is 2.80. The summed E-state index contributed by atoms with van der Waals surface area (Å²) in [6.07, 6.45) is 0.447. The molecule has 0 spiro atoms. The number of fused-ring (bicyclic) bond motifs is 2. The van der Waals surface area contributed by atoms with Crippen molar-refractivity contribution in [1.82, 2.24) is 4.90 Å². The predicted octanol–water partition coefficient (Wildman–Crippen LogP) is 3.36. The van der Waals surface area contributed by atoms with Crippen LogP contribution in [0.15, 0.2) is 42.5 Å². The third kappa shape index (κ3) is 2.59. The SMILES string of the molecule is CC1Cc2cc3c(cc2CN1C(=O)Oc1ccccc1)OCO3. The van der Waals surface area contributed by atoms with Gasteiger partial charge in [-0.05, 0) is 48.7 Å². The number of ether oxygens (including phenoxy) is 3. The molecule has 2 aliphatic heterocycles. The topological polar surface area (TPSA) is 48.0 Å². The lowest BCUT2D eigenvalue weighted by Crippen LogP contribution is -2.44. The minimum absolute atomic E-state index is 0.0686. The first-order valence-electron chi connectivity index (χ1n) is 7.65. The molecule has 2 aromatic rings. The van der Waals surface area contributed by atoms with Crippen LogP contribution in [0.5, 0.6) is 17.2 Å². The van der Waals surface area contributed by atoms with E-state index in [1.807, 2.05) is 37.3 Å². The van der Waals surface area contributed by atoms with Gasteiger partial charge in [-0.3, -0.25) is 0 Å². The van der Waals surface area contributed by atoms with Gasteiger partial charge in [0.15, 0.2) is 11.5 Å². The molecule has 0 radical (unpaired) electrons. The maximum absolute atomic E-state index is 12.5. The molecule has 5 nitrogen and oxygen atoms in total. The largest absolute Gasteiger partial charge is 0.454 e. The summed E-state index contributed by atoms with van der Waals surface area (Å²) in [6, 6.07) is 13.2. The van der Waals surface area contributed by atoms with Crippen LogP contribution in [0.1, 0.15) is 18.1 Å². The van der Waals surface area contributed by atoms with Crippen LogP contribution in [0.25, 0.3) is 0 Å². The van der Waals surface area contributed by atoms with Gasteiger partial charge < -0.3 is 19.1 Å². The van der Waals surface area contributed by atoms with E-state index in [9.17, 15) is 4.79 Å². The van der Waals surface area contributed by atoms with E-state index in [4.69, 9.17) is 14.2 Å². The first kappa shape index (κ1) is 13.9. The predicted molar refractivity (Wildman–Crippen MR) is 83.7 cm³/mol. The van der Waals surface area contributed by atoms with Crippen molar-refractivity contribution in [1.29, 1.82) is 0 Å². The van der Waals surface area contributed by atoms with Crippen LogP contribution < -0.4 is 14.2 Å². The van der Waals surface area contributed by atoms with Crippen molar-refractivity contribution in [2.24, 2.45) is 0 Å². The van der Waals surface area contributed by atoms with E-state index < -0.39 is 0 Å². The summed E-state index contributed by atoms with van der Waals surface area (Å²) in [5.41, 5.74) is 2.28. The summed E-state index contributed by atoms with van der Waals surface area (Å²) in [7, 11) is 0. The smallest absolute Gasteiger partial charge is 0.415 e.